The number of benzene rings is 1. The molecule has 1 heterocycles. The predicted molar refractivity (Wildman–Crippen MR) is 80.4 cm³/mol. The van der Waals surface area contributed by atoms with Gasteiger partial charge in [-0.1, -0.05) is 6.92 Å². The van der Waals surface area contributed by atoms with Gasteiger partial charge in [0.05, 0.1) is 4.92 Å². The molecule has 0 spiro atoms. The van der Waals surface area contributed by atoms with E-state index in [1.165, 1.54) is 12.3 Å². The average molecular weight is 293 g/mol. The molecule has 7 heteroatoms. The van der Waals surface area contributed by atoms with Crippen molar-refractivity contribution in [3.8, 4) is 0 Å². The molecule has 0 radical (unpaired) electrons. The van der Waals surface area contributed by atoms with Crippen molar-refractivity contribution in [2.75, 3.05) is 23.4 Å². The molecule has 0 aliphatic carbocycles. The maximum absolute atomic E-state index is 11.4. The SMILES string of the molecule is CCS(=O)CCNc1ccc([N+](=O)[O-])c2ncccc12. The molecule has 0 saturated carbocycles. The smallest absolute Gasteiger partial charge is 0.295 e. The molecule has 0 aliphatic heterocycles. The third kappa shape index (κ3) is 3.11. The minimum Gasteiger partial charge on any atom is -0.384 e. The van der Waals surface area contributed by atoms with Gasteiger partial charge in [0.15, 0.2) is 0 Å². The summed E-state index contributed by atoms with van der Waals surface area (Å²) in [7, 11) is -0.832. The Labute approximate surface area is 118 Å². The number of hydrogen-bond donors (Lipinski definition) is 1. The molecule has 0 saturated heterocycles. The lowest BCUT2D eigenvalue weighted by Crippen LogP contribution is -2.12. The number of pyridine rings is 1. The van der Waals surface area contributed by atoms with E-state index in [0.717, 1.165) is 5.69 Å². The first-order valence-corrected chi connectivity index (χ1v) is 7.73. The van der Waals surface area contributed by atoms with E-state index >= 15 is 0 Å². The number of aromatic nitrogens is 1. The molecule has 1 aromatic heterocycles. The van der Waals surface area contributed by atoms with Crippen molar-refractivity contribution in [1.29, 1.82) is 0 Å². The number of hydrogen-bond acceptors (Lipinski definition) is 5. The number of rotatable bonds is 6. The topological polar surface area (TPSA) is 85.1 Å². The first-order chi connectivity index (χ1) is 9.63. The van der Waals surface area contributed by atoms with Gasteiger partial charge in [0.25, 0.3) is 5.69 Å². The molecule has 1 atom stereocenters. The number of nitrogens with zero attached hydrogens (tertiary/aromatic N) is 2. The maximum Gasteiger partial charge on any atom is 0.295 e. The third-order valence-corrected chi connectivity index (χ3v) is 4.22. The number of fused-ring (bicyclic) bond motifs is 1. The Kier molecular flexibility index (Phi) is 4.62. The lowest BCUT2D eigenvalue weighted by molar-refractivity contribution is -0.383. The summed E-state index contributed by atoms with van der Waals surface area (Å²) in [6.45, 7) is 2.43. The molecule has 20 heavy (non-hydrogen) atoms. The van der Waals surface area contributed by atoms with Gasteiger partial charge in [-0.25, -0.2) is 4.98 Å². The zero-order valence-corrected chi connectivity index (χ0v) is 11.9. The zero-order chi connectivity index (χ0) is 14.5. The second kappa shape index (κ2) is 6.42. The molecular formula is C13H15N3O3S. The summed E-state index contributed by atoms with van der Waals surface area (Å²) in [5.41, 5.74) is 1.12. The van der Waals surface area contributed by atoms with E-state index in [0.29, 0.717) is 29.0 Å². The summed E-state index contributed by atoms with van der Waals surface area (Å²) in [6, 6.07) is 6.63. The molecule has 1 aromatic carbocycles. The molecule has 2 rings (SSSR count). The van der Waals surface area contributed by atoms with Crippen LogP contribution in [0.2, 0.25) is 0 Å². The Bertz CT molecular complexity index is 660. The Morgan fingerprint density at radius 1 is 1.40 bits per heavy atom. The van der Waals surface area contributed by atoms with E-state index in [2.05, 4.69) is 10.3 Å². The van der Waals surface area contributed by atoms with E-state index in [-0.39, 0.29) is 5.69 Å². The van der Waals surface area contributed by atoms with Gasteiger partial charge >= 0.3 is 0 Å². The molecule has 2 aromatic rings. The highest BCUT2D eigenvalue weighted by molar-refractivity contribution is 7.84. The Morgan fingerprint density at radius 2 is 2.20 bits per heavy atom. The molecular weight excluding hydrogens is 278 g/mol. The summed E-state index contributed by atoms with van der Waals surface area (Å²) >= 11 is 0. The quantitative estimate of drug-likeness (QED) is 0.652. The van der Waals surface area contributed by atoms with Crippen LogP contribution in [0.25, 0.3) is 10.9 Å². The second-order valence-electron chi connectivity index (χ2n) is 4.15. The highest BCUT2D eigenvalue weighted by Crippen LogP contribution is 2.29. The average Bonchev–Trinajstić information content (AvgIpc) is 2.46. The summed E-state index contributed by atoms with van der Waals surface area (Å²) < 4.78 is 11.4. The van der Waals surface area contributed by atoms with Gasteiger partial charge in [0.1, 0.15) is 5.52 Å². The summed E-state index contributed by atoms with van der Waals surface area (Å²) in [4.78, 5) is 14.6. The summed E-state index contributed by atoms with van der Waals surface area (Å²) in [6.07, 6.45) is 1.53. The predicted octanol–water partition coefficient (Wildman–Crippen LogP) is 2.32. The lowest BCUT2D eigenvalue weighted by atomic mass is 10.1. The van der Waals surface area contributed by atoms with Crippen molar-refractivity contribution >= 4 is 33.1 Å². The van der Waals surface area contributed by atoms with Gasteiger partial charge < -0.3 is 5.32 Å². The van der Waals surface area contributed by atoms with Crippen molar-refractivity contribution in [1.82, 2.24) is 4.98 Å². The van der Waals surface area contributed by atoms with Gasteiger partial charge in [-0.05, 0) is 18.2 Å². The molecule has 1 unspecified atom stereocenters. The van der Waals surface area contributed by atoms with Gasteiger partial charge in [-0.15, -0.1) is 0 Å². The number of nitro groups is 1. The fraction of sp³-hybridized carbons (Fsp3) is 0.308. The van der Waals surface area contributed by atoms with Crippen molar-refractivity contribution in [2.45, 2.75) is 6.92 Å². The van der Waals surface area contributed by atoms with Gasteiger partial charge in [0, 0.05) is 52.2 Å². The fourth-order valence-corrected chi connectivity index (χ4v) is 2.52. The monoisotopic (exact) mass is 293 g/mol. The van der Waals surface area contributed by atoms with Crippen LogP contribution in [0.5, 0.6) is 0 Å². The van der Waals surface area contributed by atoms with Gasteiger partial charge in [-0.2, -0.15) is 0 Å². The highest BCUT2D eigenvalue weighted by atomic mass is 32.2. The van der Waals surface area contributed by atoms with Crippen molar-refractivity contribution in [3.63, 3.8) is 0 Å². The van der Waals surface area contributed by atoms with Crippen LogP contribution in [0.1, 0.15) is 6.92 Å². The number of nitrogens with one attached hydrogen (secondary N) is 1. The normalized spacial score (nSPS) is 12.2. The van der Waals surface area contributed by atoms with Crippen LogP contribution >= 0.6 is 0 Å². The molecule has 0 bridgehead atoms. The number of nitro benzene ring substituents is 1. The van der Waals surface area contributed by atoms with Crippen molar-refractivity contribution in [2.24, 2.45) is 0 Å². The van der Waals surface area contributed by atoms with E-state index in [1.807, 2.05) is 6.92 Å². The van der Waals surface area contributed by atoms with Gasteiger partial charge in [0.2, 0.25) is 0 Å². The minimum atomic E-state index is -0.832. The van der Waals surface area contributed by atoms with Crippen LogP contribution in [0, 0.1) is 10.1 Å². The Hall–Kier alpha value is -2.02. The summed E-state index contributed by atoms with van der Waals surface area (Å²) in [5, 5.41) is 14.8. The zero-order valence-electron chi connectivity index (χ0n) is 11.0. The molecule has 0 fully saturated rings. The molecule has 0 amide bonds. The number of non-ortho nitro benzene ring substituents is 1. The minimum absolute atomic E-state index is 0.0108. The van der Waals surface area contributed by atoms with E-state index in [4.69, 9.17) is 0 Å². The van der Waals surface area contributed by atoms with Crippen molar-refractivity contribution in [3.05, 3.63) is 40.6 Å². The standard InChI is InChI=1S/C13H15N3O3S/c1-2-20(19)9-8-14-11-5-6-12(16(17)18)13-10(11)4-3-7-15-13/h3-7,14H,2,8-9H2,1H3. The molecule has 1 N–H and O–H groups in total. The van der Waals surface area contributed by atoms with Crippen LogP contribution < -0.4 is 5.32 Å². The Balaban J connectivity index is 2.29. The second-order valence-corrected chi connectivity index (χ2v) is 6.01. The highest BCUT2D eigenvalue weighted by Gasteiger charge is 2.14. The Morgan fingerprint density at radius 3 is 2.90 bits per heavy atom. The number of anilines is 1. The van der Waals surface area contributed by atoms with E-state index in [1.54, 1.807) is 18.2 Å². The molecule has 106 valence electrons. The van der Waals surface area contributed by atoms with Crippen LogP contribution in [-0.2, 0) is 10.8 Å². The summed E-state index contributed by atoms with van der Waals surface area (Å²) in [5.74, 6) is 1.18. The van der Waals surface area contributed by atoms with Gasteiger partial charge in [-0.3, -0.25) is 14.3 Å². The lowest BCUT2D eigenvalue weighted by Gasteiger charge is -2.09. The first-order valence-electron chi connectivity index (χ1n) is 6.24. The third-order valence-electron chi connectivity index (χ3n) is 2.91. The fourth-order valence-electron chi connectivity index (χ4n) is 1.90. The van der Waals surface area contributed by atoms with Crippen molar-refractivity contribution < 1.29 is 9.13 Å². The van der Waals surface area contributed by atoms with E-state index in [9.17, 15) is 14.3 Å². The van der Waals surface area contributed by atoms with Crippen LogP contribution in [0.3, 0.4) is 0 Å². The van der Waals surface area contributed by atoms with Crippen LogP contribution in [0.4, 0.5) is 11.4 Å². The largest absolute Gasteiger partial charge is 0.384 e. The van der Waals surface area contributed by atoms with Crippen LogP contribution in [0.15, 0.2) is 30.5 Å². The van der Waals surface area contributed by atoms with E-state index < -0.39 is 15.7 Å². The molecule has 0 aliphatic rings. The van der Waals surface area contributed by atoms with Crippen LogP contribution in [-0.4, -0.2) is 32.2 Å². The molecule has 6 nitrogen and oxygen atoms in total. The first kappa shape index (κ1) is 14.4. The maximum atomic E-state index is 11.4.